The molecule has 0 aromatic heterocycles. The van der Waals surface area contributed by atoms with Crippen LogP contribution in [0, 0.1) is 5.92 Å². The molecule has 1 aromatic rings. The standard InChI is InChI=1S/C12H15BO2/c1-12(11(14)15,8-2-3-8)9-4-6-10(13)7-5-9/h4-8H,2-3,13H2,1H3,(H,14,15). The van der Waals surface area contributed by atoms with Crippen molar-refractivity contribution >= 4 is 19.3 Å². The van der Waals surface area contributed by atoms with Crippen molar-refractivity contribution in [3.63, 3.8) is 0 Å². The van der Waals surface area contributed by atoms with Crippen LogP contribution in [-0.4, -0.2) is 18.9 Å². The van der Waals surface area contributed by atoms with Crippen LogP contribution >= 0.6 is 0 Å². The summed E-state index contributed by atoms with van der Waals surface area (Å²) in [7, 11) is 2.01. The molecule has 1 aromatic carbocycles. The Morgan fingerprint density at radius 3 is 2.33 bits per heavy atom. The number of rotatable bonds is 3. The van der Waals surface area contributed by atoms with Gasteiger partial charge in [-0.1, -0.05) is 29.7 Å². The van der Waals surface area contributed by atoms with E-state index in [-0.39, 0.29) is 0 Å². The molecule has 15 heavy (non-hydrogen) atoms. The third-order valence-corrected chi connectivity index (χ3v) is 3.49. The van der Waals surface area contributed by atoms with Gasteiger partial charge in [0.2, 0.25) is 0 Å². The van der Waals surface area contributed by atoms with Gasteiger partial charge in [0, 0.05) is 0 Å². The number of aliphatic carboxylic acids is 1. The second kappa shape index (κ2) is 3.40. The van der Waals surface area contributed by atoms with Crippen LogP contribution in [-0.2, 0) is 10.2 Å². The molecule has 0 amide bonds. The molecule has 1 N–H and O–H groups in total. The first-order valence-electron chi connectivity index (χ1n) is 5.35. The van der Waals surface area contributed by atoms with Crippen molar-refractivity contribution in [2.24, 2.45) is 5.92 Å². The molecule has 1 saturated carbocycles. The average molecular weight is 202 g/mol. The van der Waals surface area contributed by atoms with Crippen LogP contribution in [0.1, 0.15) is 25.3 Å². The third kappa shape index (κ3) is 1.67. The first-order chi connectivity index (χ1) is 7.05. The maximum atomic E-state index is 11.4. The Bertz CT molecular complexity index is 381. The largest absolute Gasteiger partial charge is 0.481 e. The lowest BCUT2D eigenvalue weighted by atomic mass is 9.77. The van der Waals surface area contributed by atoms with E-state index in [9.17, 15) is 9.90 Å². The van der Waals surface area contributed by atoms with Crippen LogP contribution in [0.3, 0.4) is 0 Å². The highest BCUT2D eigenvalue weighted by Gasteiger charge is 2.48. The highest BCUT2D eigenvalue weighted by Crippen LogP contribution is 2.47. The fraction of sp³-hybridized carbons (Fsp3) is 0.417. The highest BCUT2D eigenvalue weighted by molar-refractivity contribution is 6.32. The zero-order chi connectivity index (χ0) is 11.1. The Morgan fingerprint density at radius 2 is 1.93 bits per heavy atom. The Kier molecular flexibility index (Phi) is 2.33. The molecule has 1 fully saturated rings. The summed E-state index contributed by atoms with van der Waals surface area (Å²) in [5, 5.41) is 9.37. The highest BCUT2D eigenvalue weighted by atomic mass is 16.4. The Balaban J connectivity index is 2.40. The minimum Gasteiger partial charge on any atom is -0.481 e. The fourth-order valence-electron chi connectivity index (χ4n) is 2.09. The van der Waals surface area contributed by atoms with E-state index in [0.717, 1.165) is 18.4 Å². The topological polar surface area (TPSA) is 37.3 Å². The van der Waals surface area contributed by atoms with E-state index < -0.39 is 11.4 Å². The summed E-state index contributed by atoms with van der Waals surface area (Å²) in [6.07, 6.45) is 2.08. The van der Waals surface area contributed by atoms with Crippen molar-refractivity contribution in [2.45, 2.75) is 25.2 Å². The maximum absolute atomic E-state index is 11.4. The Hall–Kier alpha value is -1.25. The molecule has 1 aliphatic carbocycles. The third-order valence-electron chi connectivity index (χ3n) is 3.49. The summed E-state index contributed by atoms with van der Waals surface area (Å²) < 4.78 is 0. The van der Waals surface area contributed by atoms with E-state index in [2.05, 4.69) is 0 Å². The predicted molar refractivity (Wildman–Crippen MR) is 62.3 cm³/mol. The predicted octanol–water partition coefficient (Wildman–Crippen LogP) is 0.697. The summed E-state index contributed by atoms with van der Waals surface area (Å²) in [5.41, 5.74) is 1.42. The van der Waals surface area contributed by atoms with E-state index in [0.29, 0.717) is 5.92 Å². The van der Waals surface area contributed by atoms with E-state index >= 15 is 0 Å². The molecular formula is C12H15BO2. The van der Waals surface area contributed by atoms with Crippen molar-refractivity contribution in [3.8, 4) is 0 Å². The smallest absolute Gasteiger partial charge is 0.314 e. The fourth-order valence-corrected chi connectivity index (χ4v) is 2.09. The number of benzene rings is 1. The lowest BCUT2D eigenvalue weighted by Crippen LogP contribution is -2.35. The van der Waals surface area contributed by atoms with Crippen molar-refractivity contribution < 1.29 is 9.90 Å². The van der Waals surface area contributed by atoms with Crippen molar-refractivity contribution in [1.29, 1.82) is 0 Å². The van der Waals surface area contributed by atoms with Crippen LogP contribution < -0.4 is 5.46 Å². The van der Waals surface area contributed by atoms with Gasteiger partial charge in [-0.2, -0.15) is 0 Å². The van der Waals surface area contributed by atoms with E-state index in [4.69, 9.17) is 0 Å². The second-order valence-corrected chi connectivity index (χ2v) is 4.65. The molecule has 1 unspecified atom stereocenters. The Morgan fingerprint density at radius 1 is 1.40 bits per heavy atom. The molecule has 0 heterocycles. The first kappa shape index (κ1) is 10.3. The molecule has 2 rings (SSSR count). The summed E-state index contributed by atoms with van der Waals surface area (Å²) in [5.74, 6) is -0.383. The SMILES string of the molecule is Bc1ccc(C(C)(C(=O)O)C2CC2)cc1. The molecule has 0 aliphatic heterocycles. The van der Waals surface area contributed by atoms with E-state index in [1.54, 1.807) is 0 Å². The minimum absolute atomic E-state index is 0.317. The zero-order valence-corrected chi connectivity index (χ0v) is 9.16. The molecule has 0 bridgehead atoms. The average Bonchev–Trinajstić information content (AvgIpc) is 3.00. The van der Waals surface area contributed by atoms with Crippen LogP contribution in [0.5, 0.6) is 0 Å². The summed E-state index contributed by atoms with van der Waals surface area (Å²) in [4.78, 5) is 11.4. The summed E-state index contributed by atoms with van der Waals surface area (Å²) in [6.45, 7) is 1.84. The van der Waals surface area contributed by atoms with E-state index in [1.807, 2.05) is 39.0 Å². The lowest BCUT2D eigenvalue weighted by Gasteiger charge is -2.25. The molecule has 78 valence electrons. The molecule has 2 nitrogen and oxygen atoms in total. The summed E-state index contributed by atoms with van der Waals surface area (Å²) >= 11 is 0. The van der Waals surface area contributed by atoms with Crippen LogP contribution in [0.4, 0.5) is 0 Å². The normalized spacial score (nSPS) is 19.5. The minimum atomic E-state index is -0.700. The molecule has 0 radical (unpaired) electrons. The van der Waals surface area contributed by atoms with Gasteiger partial charge in [-0.15, -0.1) is 0 Å². The first-order valence-corrected chi connectivity index (χ1v) is 5.35. The van der Waals surface area contributed by atoms with Crippen LogP contribution in [0.15, 0.2) is 24.3 Å². The quantitative estimate of drug-likeness (QED) is 0.732. The van der Waals surface area contributed by atoms with Gasteiger partial charge in [0.15, 0.2) is 0 Å². The second-order valence-electron chi connectivity index (χ2n) is 4.65. The zero-order valence-electron chi connectivity index (χ0n) is 9.16. The van der Waals surface area contributed by atoms with Crippen molar-refractivity contribution in [2.75, 3.05) is 0 Å². The monoisotopic (exact) mass is 202 g/mol. The van der Waals surface area contributed by atoms with Gasteiger partial charge in [0.25, 0.3) is 0 Å². The number of carbonyl (C=O) groups is 1. The number of hydrogen-bond donors (Lipinski definition) is 1. The molecule has 0 saturated heterocycles. The van der Waals surface area contributed by atoms with Crippen LogP contribution in [0.2, 0.25) is 0 Å². The van der Waals surface area contributed by atoms with Gasteiger partial charge >= 0.3 is 5.97 Å². The number of carboxylic acid groups (broad SMARTS) is 1. The summed E-state index contributed by atoms with van der Waals surface area (Å²) in [6, 6.07) is 7.86. The molecular weight excluding hydrogens is 187 g/mol. The maximum Gasteiger partial charge on any atom is 0.314 e. The lowest BCUT2D eigenvalue weighted by molar-refractivity contribution is -0.144. The van der Waals surface area contributed by atoms with Gasteiger partial charge in [-0.3, -0.25) is 4.79 Å². The van der Waals surface area contributed by atoms with Gasteiger partial charge < -0.3 is 5.11 Å². The van der Waals surface area contributed by atoms with Crippen molar-refractivity contribution in [3.05, 3.63) is 29.8 Å². The van der Waals surface area contributed by atoms with E-state index in [1.165, 1.54) is 5.46 Å². The van der Waals surface area contributed by atoms with Crippen LogP contribution in [0.25, 0.3) is 0 Å². The molecule has 0 spiro atoms. The number of hydrogen-bond acceptors (Lipinski definition) is 1. The van der Waals surface area contributed by atoms with Gasteiger partial charge in [0.1, 0.15) is 7.85 Å². The molecule has 1 atom stereocenters. The molecule has 1 aliphatic rings. The van der Waals surface area contributed by atoms with Gasteiger partial charge in [0.05, 0.1) is 5.41 Å². The molecule has 3 heteroatoms. The van der Waals surface area contributed by atoms with Gasteiger partial charge in [-0.25, -0.2) is 0 Å². The van der Waals surface area contributed by atoms with Crippen molar-refractivity contribution in [1.82, 2.24) is 0 Å². The Labute approximate surface area is 90.7 Å². The van der Waals surface area contributed by atoms with Gasteiger partial charge in [-0.05, 0) is 31.2 Å². The number of carboxylic acids is 1.